The first kappa shape index (κ1) is 9.17. The number of rotatable bonds is 1. The quantitative estimate of drug-likeness (QED) is 0.684. The Bertz CT molecular complexity index is 186. The van der Waals surface area contributed by atoms with Crippen molar-refractivity contribution in [2.45, 2.75) is 63.1 Å². The van der Waals surface area contributed by atoms with Gasteiger partial charge in [-0.25, -0.2) is 0 Å². The molecule has 0 spiro atoms. The summed E-state index contributed by atoms with van der Waals surface area (Å²) in [6.07, 6.45) is 10.2. The molecule has 80 valence electrons. The fourth-order valence-electron chi connectivity index (χ4n) is 3.58. The molecule has 2 aliphatic heterocycles. The molecule has 2 nitrogen and oxygen atoms in total. The molecule has 0 unspecified atom stereocenters. The van der Waals surface area contributed by atoms with Crippen LogP contribution in [0.15, 0.2) is 0 Å². The molecule has 2 heteroatoms. The van der Waals surface area contributed by atoms with Gasteiger partial charge in [0.05, 0.1) is 0 Å². The molecule has 1 saturated carbocycles. The highest BCUT2D eigenvalue weighted by molar-refractivity contribution is 4.95. The molecule has 1 N–H and O–H groups in total. The summed E-state index contributed by atoms with van der Waals surface area (Å²) in [5.41, 5.74) is 0. The molecule has 0 amide bonds. The van der Waals surface area contributed by atoms with Crippen LogP contribution in [0.1, 0.15) is 44.9 Å². The van der Waals surface area contributed by atoms with E-state index in [4.69, 9.17) is 0 Å². The molecule has 0 aromatic heterocycles. The van der Waals surface area contributed by atoms with Crippen molar-refractivity contribution in [1.82, 2.24) is 10.2 Å². The van der Waals surface area contributed by atoms with Gasteiger partial charge >= 0.3 is 0 Å². The molecular weight excluding hydrogens is 172 g/mol. The van der Waals surface area contributed by atoms with Gasteiger partial charge in [0, 0.05) is 31.2 Å². The molecule has 3 fully saturated rings. The van der Waals surface area contributed by atoms with Crippen LogP contribution < -0.4 is 5.32 Å². The second-order valence-electron chi connectivity index (χ2n) is 5.38. The highest BCUT2D eigenvalue weighted by Gasteiger charge is 2.35. The van der Waals surface area contributed by atoms with E-state index in [0.29, 0.717) is 0 Å². The Hall–Kier alpha value is -0.0800. The van der Waals surface area contributed by atoms with E-state index >= 15 is 0 Å². The number of piperazine rings is 1. The monoisotopic (exact) mass is 194 g/mol. The van der Waals surface area contributed by atoms with Gasteiger partial charge in [0.25, 0.3) is 0 Å². The maximum atomic E-state index is 3.72. The van der Waals surface area contributed by atoms with Gasteiger partial charge in [-0.05, 0) is 25.7 Å². The van der Waals surface area contributed by atoms with Crippen LogP contribution >= 0.6 is 0 Å². The van der Waals surface area contributed by atoms with Gasteiger partial charge in [0.2, 0.25) is 0 Å². The lowest BCUT2D eigenvalue weighted by Gasteiger charge is -2.40. The van der Waals surface area contributed by atoms with Gasteiger partial charge in [-0.2, -0.15) is 0 Å². The fourth-order valence-corrected chi connectivity index (χ4v) is 3.58. The number of fused-ring (bicyclic) bond motifs is 2. The third-order valence-corrected chi connectivity index (χ3v) is 4.34. The Kier molecular flexibility index (Phi) is 2.50. The number of nitrogens with zero attached hydrogens (tertiary/aromatic N) is 1. The molecular formula is C12H22N2. The summed E-state index contributed by atoms with van der Waals surface area (Å²) in [5.74, 6) is 0. The van der Waals surface area contributed by atoms with E-state index in [1.165, 1.54) is 58.0 Å². The number of nitrogens with one attached hydrogen (secondary N) is 1. The molecule has 3 aliphatic rings. The van der Waals surface area contributed by atoms with E-state index in [1.54, 1.807) is 0 Å². The number of hydrogen-bond acceptors (Lipinski definition) is 2. The largest absolute Gasteiger partial charge is 0.309 e. The molecule has 1 aliphatic carbocycles. The van der Waals surface area contributed by atoms with Crippen LogP contribution in [0.25, 0.3) is 0 Å². The molecule has 0 aromatic rings. The molecule has 0 aromatic carbocycles. The van der Waals surface area contributed by atoms with Gasteiger partial charge in [-0.3, -0.25) is 4.90 Å². The highest BCUT2D eigenvalue weighted by Crippen LogP contribution is 2.27. The average Bonchev–Trinajstić information content (AvgIpc) is 2.59. The van der Waals surface area contributed by atoms with Gasteiger partial charge in [0.1, 0.15) is 0 Å². The average molecular weight is 194 g/mol. The zero-order valence-corrected chi connectivity index (χ0v) is 9.04. The minimum absolute atomic E-state index is 0.829. The van der Waals surface area contributed by atoms with Crippen molar-refractivity contribution in [2.24, 2.45) is 0 Å². The zero-order chi connectivity index (χ0) is 9.38. The lowest BCUT2D eigenvalue weighted by Crippen LogP contribution is -2.54. The third-order valence-electron chi connectivity index (χ3n) is 4.34. The summed E-state index contributed by atoms with van der Waals surface area (Å²) in [7, 11) is 0. The summed E-state index contributed by atoms with van der Waals surface area (Å²) in [4.78, 5) is 2.79. The van der Waals surface area contributed by atoms with Crippen LogP contribution in [0.5, 0.6) is 0 Å². The Labute approximate surface area is 87.0 Å². The van der Waals surface area contributed by atoms with Crippen molar-refractivity contribution in [3.8, 4) is 0 Å². The molecule has 14 heavy (non-hydrogen) atoms. The van der Waals surface area contributed by atoms with E-state index in [9.17, 15) is 0 Å². The first-order chi connectivity index (χ1) is 6.92. The predicted octanol–water partition coefficient (Wildman–Crippen LogP) is 1.76. The Balaban J connectivity index is 1.61. The van der Waals surface area contributed by atoms with Crippen molar-refractivity contribution < 1.29 is 0 Å². The lowest BCUT2D eigenvalue weighted by molar-refractivity contribution is 0.112. The molecule has 2 saturated heterocycles. The number of hydrogen-bond donors (Lipinski definition) is 1. The lowest BCUT2D eigenvalue weighted by atomic mass is 9.93. The first-order valence-corrected chi connectivity index (χ1v) is 6.42. The van der Waals surface area contributed by atoms with Gasteiger partial charge in [-0.1, -0.05) is 19.3 Å². The van der Waals surface area contributed by atoms with E-state index in [2.05, 4.69) is 10.2 Å². The second kappa shape index (κ2) is 3.82. The van der Waals surface area contributed by atoms with Crippen molar-refractivity contribution in [3.05, 3.63) is 0 Å². The van der Waals surface area contributed by atoms with E-state index in [0.717, 1.165) is 18.1 Å². The summed E-state index contributed by atoms with van der Waals surface area (Å²) in [6.45, 7) is 2.67. The maximum Gasteiger partial charge on any atom is 0.0198 e. The topological polar surface area (TPSA) is 15.3 Å². The Morgan fingerprint density at radius 2 is 1.43 bits per heavy atom. The van der Waals surface area contributed by atoms with Gasteiger partial charge in [-0.15, -0.1) is 0 Å². The van der Waals surface area contributed by atoms with Crippen LogP contribution in [-0.2, 0) is 0 Å². The van der Waals surface area contributed by atoms with E-state index < -0.39 is 0 Å². The van der Waals surface area contributed by atoms with Crippen molar-refractivity contribution in [3.63, 3.8) is 0 Å². The molecule has 2 atom stereocenters. The molecule has 2 bridgehead atoms. The highest BCUT2D eigenvalue weighted by atomic mass is 15.2. The smallest absolute Gasteiger partial charge is 0.0198 e. The Morgan fingerprint density at radius 3 is 2.07 bits per heavy atom. The summed E-state index contributed by atoms with van der Waals surface area (Å²) >= 11 is 0. The van der Waals surface area contributed by atoms with Crippen molar-refractivity contribution in [1.29, 1.82) is 0 Å². The summed E-state index contributed by atoms with van der Waals surface area (Å²) in [5, 5.41) is 3.72. The second-order valence-corrected chi connectivity index (χ2v) is 5.38. The SMILES string of the molecule is C1CCC(N2C[C@H]3CC[C@@H](C2)N3)CC1. The maximum absolute atomic E-state index is 3.72. The number of likely N-dealkylation sites (tertiary alicyclic amines) is 1. The zero-order valence-electron chi connectivity index (χ0n) is 9.04. The van der Waals surface area contributed by atoms with E-state index in [1.807, 2.05) is 0 Å². The Morgan fingerprint density at radius 1 is 0.786 bits per heavy atom. The molecule has 2 heterocycles. The standard InChI is InChI=1S/C12H22N2/c1-2-4-12(5-3-1)14-8-10-6-7-11(9-14)13-10/h10-13H,1-9H2/t10-,11+. The third kappa shape index (κ3) is 1.70. The van der Waals surface area contributed by atoms with Crippen LogP contribution in [0.2, 0.25) is 0 Å². The summed E-state index contributed by atoms with van der Waals surface area (Å²) < 4.78 is 0. The summed E-state index contributed by atoms with van der Waals surface area (Å²) in [6, 6.07) is 2.60. The first-order valence-electron chi connectivity index (χ1n) is 6.42. The normalized spacial score (nSPS) is 40.3. The minimum atomic E-state index is 0.829. The van der Waals surface area contributed by atoms with Crippen LogP contribution in [-0.4, -0.2) is 36.1 Å². The van der Waals surface area contributed by atoms with Crippen molar-refractivity contribution >= 4 is 0 Å². The van der Waals surface area contributed by atoms with Crippen LogP contribution in [0, 0.1) is 0 Å². The van der Waals surface area contributed by atoms with Crippen molar-refractivity contribution in [2.75, 3.05) is 13.1 Å². The molecule has 3 rings (SSSR count). The van der Waals surface area contributed by atoms with E-state index in [-0.39, 0.29) is 0 Å². The van der Waals surface area contributed by atoms with Gasteiger partial charge in [0.15, 0.2) is 0 Å². The van der Waals surface area contributed by atoms with Crippen LogP contribution in [0.3, 0.4) is 0 Å². The predicted molar refractivity (Wildman–Crippen MR) is 58.4 cm³/mol. The fraction of sp³-hybridized carbons (Fsp3) is 1.00. The van der Waals surface area contributed by atoms with Crippen LogP contribution in [0.4, 0.5) is 0 Å². The minimum Gasteiger partial charge on any atom is -0.309 e. The molecule has 0 radical (unpaired) electrons. The van der Waals surface area contributed by atoms with Gasteiger partial charge < -0.3 is 5.32 Å².